The standard InChI is InChI=1S/C24H26FN3O3/c1-16(2)28-14-19(24(30)31-15-17-6-4-3-5-7-17)23(29)18-12-20(25)22(13-21(18)28)27-10-8-26-9-11-27/h3-7,12-14,16,26H,8-11,15H2,1-2H3. The number of piperazine rings is 1. The zero-order valence-corrected chi connectivity index (χ0v) is 17.7. The second-order valence-corrected chi connectivity index (χ2v) is 7.99. The van der Waals surface area contributed by atoms with Crippen molar-refractivity contribution in [1.82, 2.24) is 9.88 Å². The van der Waals surface area contributed by atoms with E-state index in [0.29, 0.717) is 24.3 Å². The largest absolute Gasteiger partial charge is 0.457 e. The third kappa shape index (κ3) is 4.32. The first-order valence-corrected chi connectivity index (χ1v) is 10.5. The SMILES string of the molecule is CC(C)n1cc(C(=O)OCc2ccccc2)c(=O)c2cc(F)c(N3CCNCC3)cc21. The fourth-order valence-corrected chi connectivity index (χ4v) is 3.88. The van der Waals surface area contributed by atoms with Crippen LogP contribution in [-0.2, 0) is 11.3 Å². The second-order valence-electron chi connectivity index (χ2n) is 7.99. The minimum absolute atomic E-state index is 0.0369. The van der Waals surface area contributed by atoms with E-state index in [4.69, 9.17) is 4.74 Å². The third-order valence-corrected chi connectivity index (χ3v) is 5.55. The van der Waals surface area contributed by atoms with E-state index in [0.717, 1.165) is 18.7 Å². The maximum atomic E-state index is 15.0. The molecular weight excluding hydrogens is 397 g/mol. The second kappa shape index (κ2) is 8.89. The number of carbonyl (C=O) groups excluding carboxylic acids is 1. The summed E-state index contributed by atoms with van der Waals surface area (Å²) in [6.45, 7) is 6.92. The minimum Gasteiger partial charge on any atom is -0.457 e. The maximum absolute atomic E-state index is 15.0. The summed E-state index contributed by atoms with van der Waals surface area (Å²) in [4.78, 5) is 27.8. The maximum Gasteiger partial charge on any atom is 0.343 e. The molecule has 4 rings (SSSR count). The number of nitrogens with zero attached hydrogens (tertiary/aromatic N) is 2. The molecule has 1 N–H and O–H groups in total. The quantitative estimate of drug-likeness (QED) is 0.637. The number of hydrogen-bond acceptors (Lipinski definition) is 5. The van der Waals surface area contributed by atoms with Crippen LogP contribution in [0.3, 0.4) is 0 Å². The van der Waals surface area contributed by atoms with Gasteiger partial charge < -0.3 is 19.5 Å². The molecule has 0 atom stereocenters. The minimum atomic E-state index is -0.711. The molecule has 0 radical (unpaired) electrons. The van der Waals surface area contributed by atoms with Gasteiger partial charge in [-0.05, 0) is 31.5 Å². The Morgan fingerprint density at radius 1 is 1.16 bits per heavy atom. The number of aromatic nitrogens is 1. The van der Waals surface area contributed by atoms with Crippen molar-refractivity contribution in [2.75, 3.05) is 31.1 Å². The van der Waals surface area contributed by atoms with Crippen LogP contribution < -0.4 is 15.6 Å². The van der Waals surface area contributed by atoms with Gasteiger partial charge in [0.05, 0.1) is 11.2 Å². The highest BCUT2D eigenvalue weighted by molar-refractivity contribution is 5.94. The Kier molecular flexibility index (Phi) is 6.04. The molecule has 0 amide bonds. The van der Waals surface area contributed by atoms with Crippen LogP contribution in [0.5, 0.6) is 0 Å². The van der Waals surface area contributed by atoms with Gasteiger partial charge in [0.1, 0.15) is 18.0 Å². The molecule has 0 bridgehead atoms. The Labute approximate surface area is 180 Å². The molecule has 0 spiro atoms. The Bertz CT molecular complexity index is 1150. The van der Waals surface area contributed by atoms with Crippen molar-refractivity contribution in [1.29, 1.82) is 0 Å². The zero-order valence-electron chi connectivity index (χ0n) is 17.7. The highest BCUT2D eigenvalue weighted by Crippen LogP contribution is 2.27. The summed E-state index contributed by atoms with van der Waals surface area (Å²) in [7, 11) is 0. The molecule has 2 aromatic carbocycles. The van der Waals surface area contributed by atoms with Crippen molar-refractivity contribution in [2.24, 2.45) is 0 Å². The smallest absolute Gasteiger partial charge is 0.343 e. The zero-order chi connectivity index (χ0) is 22.0. The molecule has 1 aromatic heterocycles. The molecule has 1 aliphatic rings. The van der Waals surface area contributed by atoms with E-state index >= 15 is 0 Å². The number of rotatable bonds is 5. The Hall–Kier alpha value is -3.19. The lowest BCUT2D eigenvalue weighted by Crippen LogP contribution is -2.43. The van der Waals surface area contributed by atoms with Crippen molar-refractivity contribution in [2.45, 2.75) is 26.5 Å². The summed E-state index contributed by atoms with van der Waals surface area (Å²) in [5, 5.41) is 3.43. The van der Waals surface area contributed by atoms with Gasteiger partial charge in [0, 0.05) is 43.8 Å². The van der Waals surface area contributed by atoms with Crippen molar-refractivity contribution in [3.8, 4) is 0 Å². The molecule has 6 nitrogen and oxygen atoms in total. The fourth-order valence-electron chi connectivity index (χ4n) is 3.88. The molecule has 2 heterocycles. The lowest BCUT2D eigenvalue weighted by Gasteiger charge is -2.30. The summed E-state index contributed by atoms with van der Waals surface area (Å²) in [5.41, 5.74) is 1.30. The Morgan fingerprint density at radius 3 is 2.55 bits per heavy atom. The number of fused-ring (bicyclic) bond motifs is 1. The van der Waals surface area contributed by atoms with Gasteiger partial charge in [-0.3, -0.25) is 4.79 Å². The normalized spacial score (nSPS) is 14.3. The van der Waals surface area contributed by atoms with Crippen molar-refractivity contribution in [3.63, 3.8) is 0 Å². The lowest BCUT2D eigenvalue weighted by atomic mass is 10.1. The Morgan fingerprint density at radius 2 is 1.87 bits per heavy atom. The molecule has 1 saturated heterocycles. The molecule has 0 unspecified atom stereocenters. The number of pyridine rings is 1. The predicted octanol–water partition coefficient (Wildman–Crippen LogP) is 3.49. The number of nitrogens with one attached hydrogen (secondary N) is 1. The summed E-state index contributed by atoms with van der Waals surface area (Å²) in [5.74, 6) is -1.17. The van der Waals surface area contributed by atoms with Crippen LogP contribution in [-0.4, -0.2) is 36.7 Å². The predicted molar refractivity (Wildman–Crippen MR) is 119 cm³/mol. The summed E-state index contributed by atoms with van der Waals surface area (Å²) in [6, 6.07) is 12.2. The molecule has 1 fully saturated rings. The van der Waals surface area contributed by atoms with Gasteiger partial charge in [-0.15, -0.1) is 0 Å². The van der Waals surface area contributed by atoms with E-state index in [-0.39, 0.29) is 23.6 Å². The third-order valence-electron chi connectivity index (χ3n) is 5.55. The number of benzene rings is 2. The van der Waals surface area contributed by atoms with E-state index in [2.05, 4.69) is 5.32 Å². The number of ether oxygens (including phenoxy) is 1. The van der Waals surface area contributed by atoms with E-state index in [9.17, 15) is 14.0 Å². The van der Waals surface area contributed by atoms with Crippen molar-refractivity contribution in [3.05, 3.63) is 75.8 Å². The number of hydrogen-bond donors (Lipinski definition) is 1. The van der Waals surface area contributed by atoms with Crippen LogP contribution in [0.4, 0.5) is 10.1 Å². The molecule has 31 heavy (non-hydrogen) atoms. The van der Waals surface area contributed by atoms with Crippen LogP contribution in [0, 0.1) is 5.82 Å². The van der Waals surface area contributed by atoms with Gasteiger partial charge in [0.15, 0.2) is 0 Å². The number of carbonyl (C=O) groups is 1. The first kappa shape index (κ1) is 21.1. The molecular formula is C24H26FN3O3. The molecule has 3 aromatic rings. The first-order valence-electron chi connectivity index (χ1n) is 10.5. The average Bonchev–Trinajstić information content (AvgIpc) is 2.79. The molecule has 162 valence electrons. The van der Waals surface area contributed by atoms with Crippen LogP contribution >= 0.6 is 0 Å². The van der Waals surface area contributed by atoms with E-state index in [1.807, 2.05) is 53.6 Å². The molecule has 1 aliphatic heterocycles. The topological polar surface area (TPSA) is 63.6 Å². The fraction of sp³-hybridized carbons (Fsp3) is 0.333. The summed E-state index contributed by atoms with van der Waals surface area (Å²) in [6.07, 6.45) is 1.53. The van der Waals surface area contributed by atoms with Crippen LogP contribution in [0.25, 0.3) is 10.9 Å². The molecule has 0 aliphatic carbocycles. The number of halogens is 1. The van der Waals surface area contributed by atoms with Crippen LogP contribution in [0.1, 0.15) is 35.8 Å². The summed E-state index contributed by atoms with van der Waals surface area (Å²) >= 11 is 0. The van der Waals surface area contributed by atoms with E-state index in [1.165, 1.54) is 12.3 Å². The van der Waals surface area contributed by atoms with Gasteiger partial charge in [-0.1, -0.05) is 30.3 Å². The molecule has 0 saturated carbocycles. The monoisotopic (exact) mass is 423 g/mol. The van der Waals surface area contributed by atoms with Gasteiger partial charge in [0.25, 0.3) is 0 Å². The average molecular weight is 423 g/mol. The first-order chi connectivity index (χ1) is 15.0. The number of anilines is 1. The van der Waals surface area contributed by atoms with Gasteiger partial charge >= 0.3 is 5.97 Å². The van der Waals surface area contributed by atoms with E-state index in [1.54, 1.807) is 6.07 Å². The van der Waals surface area contributed by atoms with E-state index < -0.39 is 17.2 Å². The highest BCUT2D eigenvalue weighted by atomic mass is 19.1. The van der Waals surface area contributed by atoms with Crippen molar-refractivity contribution < 1.29 is 13.9 Å². The lowest BCUT2D eigenvalue weighted by molar-refractivity contribution is 0.0470. The van der Waals surface area contributed by atoms with Crippen LogP contribution in [0.15, 0.2) is 53.5 Å². The Balaban J connectivity index is 1.74. The number of esters is 1. The van der Waals surface area contributed by atoms with Gasteiger partial charge in [-0.2, -0.15) is 0 Å². The van der Waals surface area contributed by atoms with Crippen LogP contribution in [0.2, 0.25) is 0 Å². The molecule has 7 heteroatoms. The highest BCUT2D eigenvalue weighted by Gasteiger charge is 2.22. The van der Waals surface area contributed by atoms with Gasteiger partial charge in [-0.25, -0.2) is 9.18 Å². The van der Waals surface area contributed by atoms with Gasteiger partial charge in [0.2, 0.25) is 5.43 Å². The summed E-state index contributed by atoms with van der Waals surface area (Å²) < 4.78 is 22.2. The van der Waals surface area contributed by atoms with Crippen molar-refractivity contribution >= 4 is 22.6 Å².